The van der Waals surface area contributed by atoms with Crippen molar-refractivity contribution in [3.63, 3.8) is 0 Å². The van der Waals surface area contributed by atoms with Gasteiger partial charge < -0.3 is 9.53 Å². The second-order valence-electron chi connectivity index (χ2n) is 16.4. The van der Waals surface area contributed by atoms with Gasteiger partial charge in [0, 0.05) is 6.61 Å². The third-order valence-electron chi connectivity index (χ3n) is 12.5. The van der Waals surface area contributed by atoms with Crippen LogP contribution in [-0.2, 0) is 4.43 Å². The van der Waals surface area contributed by atoms with Gasteiger partial charge in [-0.25, -0.2) is 0 Å². The molecule has 4 aliphatic rings. The molecule has 6 atom stereocenters. The van der Waals surface area contributed by atoms with Crippen LogP contribution in [0.3, 0.4) is 0 Å². The van der Waals surface area contributed by atoms with E-state index in [9.17, 15) is 5.11 Å². The summed E-state index contributed by atoms with van der Waals surface area (Å²) >= 11 is 0. The zero-order chi connectivity index (χ0) is 28.3. The summed E-state index contributed by atoms with van der Waals surface area (Å²) in [5.41, 5.74) is 7.34. The molecule has 1 saturated carbocycles. The van der Waals surface area contributed by atoms with Crippen molar-refractivity contribution in [2.45, 2.75) is 144 Å². The summed E-state index contributed by atoms with van der Waals surface area (Å²) in [5.74, 6) is 1.67. The highest BCUT2D eigenvalue weighted by Crippen LogP contribution is 2.67. The van der Waals surface area contributed by atoms with E-state index in [1.807, 2.05) is 5.57 Å². The molecule has 0 spiro atoms. The van der Waals surface area contributed by atoms with Gasteiger partial charge in [0.1, 0.15) is 0 Å². The van der Waals surface area contributed by atoms with Crippen molar-refractivity contribution >= 4 is 8.32 Å². The minimum atomic E-state index is -1.81. The number of aliphatic hydroxyl groups is 1. The molecule has 0 amide bonds. The molecule has 3 heteroatoms. The van der Waals surface area contributed by atoms with Crippen molar-refractivity contribution in [2.24, 2.45) is 34.0 Å². The molecule has 4 aliphatic carbocycles. The van der Waals surface area contributed by atoms with Gasteiger partial charge in [0.2, 0.25) is 0 Å². The van der Waals surface area contributed by atoms with E-state index in [4.69, 9.17) is 4.43 Å². The summed E-state index contributed by atoms with van der Waals surface area (Å²) in [4.78, 5) is 0. The second-order valence-corrected chi connectivity index (χ2v) is 21.1. The van der Waals surface area contributed by atoms with Gasteiger partial charge in [-0.3, -0.25) is 0 Å². The Bertz CT molecular complexity index is 988. The summed E-state index contributed by atoms with van der Waals surface area (Å²) < 4.78 is 7.16. The zero-order valence-electron chi connectivity index (χ0n) is 26.9. The monoisotopic (exact) mass is 540 g/mol. The van der Waals surface area contributed by atoms with Crippen LogP contribution >= 0.6 is 0 Å². The highest BCUT2D eigenvalue weighted by atomic mass is 28.4. The number of hydrogen-bond donors (Lipinski definition) is 1. The summed E-state index contributed by atoms with van der Waals surface area (Å²) in [7, 11) is -1.81. The average Bonchev–Trinajstić information content (AvgIpc) is 3.15. The number of rotatable bonds is 7. The van der Waals surface area contributed by atoms with Gasteiger partial charge in [0.05, 0.1) is 6.10 Å². The molecule has 0 aromatic heterocycles. The van der Waals surface area contributed by atoms with Gasteiger partial charge in [-0.15, -0.1) is 0 Å². The Kier molecular flexibility index (Phi) is 8.24. The van der Waals surface area contributed by atoms with Crippen molar-refractivity contribution in [1.29, 1.82) is 0 Å². The Morgan fingerprint density at radius 1 is 1.08 bits per heavy atom. The molecule has 38 heavy (non-hydrogen) atoms. The quantitative estimate of drug-likeness (QED) is 0.257. The number of hydrogen-bond acceptors (Lipinski definition) is 2. The van der Waals surface area contributed by atoms with Crippen molar-refractivity contribution < 1.29 is 9.53 Å². The topological polar surface area (TPSA) is 29.5 Å². The van der Waals surface area contributed by atoms with Crippen LogP contribution in [-0.4, -0.2) is 26.1 Å². The molecule has 0 saturated heterocycles. The van der Waals surface area contributed by atoms with E-state index in [0.29, 0.717) is 35.9 Å². The lowest BCUT2D eigenvalue weighted by Gasteiger charge is -2.61. The first kappa shape index (κ1) is 30.3. The Morgan fingerprint density at radius 3 is 2.37 bits per heavy atom. The summed E-state index contributed by atoms with van der Waals surface area (Å²) in [6, 6.07) is 0. The lowest BCUT2D eigenvalue weighted by Crippen LogP contribution is -2.57. The fourth-order valence-corrected chi connectivity index (χ4v) is 10.7. The van der Waals surface area contributed by atoms with E-state index < -0.39 is 8.32 Å². The maximum Gasteiger partial charge on any atom is 0.192 e. The fraction of sp³-hybridized carbons (Fsp3) is 0.829. The first-order valence-electron chi connectivity index (χ1n) is 15.8. The van der Waals surface area contributed by atoms with Crippen LogP contribution in [0.1, 0.15) is 120 Å². The Balaban J connectivity index is 1.58. The minimum absolute atomic E-state index is 0.196. The van der Waals surface area contributed by atoms with E-state index in [1.165, 1.54) is 44.1 Å². The van der Waals surface area contributed by atoms with Crippen molar-refractivity contribution in [3.8, 4) is 0 Å². The van der Waals surface area contributed by atoms with Gasteiger partial charge in [-0.1, -0.05) is 71.8 Å². The number of aliphatic hydroxyl groups excluding tert-OH is 1. The summed E-state index contributed by atoms with van der Waals surface area (Å²) in [6.45, 7) is 26.9. The molecule has 216 valence electrons. The van der Waals surface area contributed by atoms with E-state index in [0.717, 1.165) is 19.3 Å². The van der Waals surface area contributed by atoms with E-state index in [2.05, 4.69) is 87.6 Å². The van der Waals surface area contributed by atoms with Gasteiger partial charge >= 0.3 is 0 Å². The van der Waals surface area contributed by atoms with Crippen LogP contribution in [0.15, 0.2) is 34.4 Å². The van der Waals surface area contributed by atoms with Crippen LogP contribution < -0.4 is 0 Å². The lowest BCUT2D eigenvalue weighted by molar-refractivity contribution is -0.0840. The SMILES string of the molecule is CC(C)=CCC[C@@H](CO)[C@H]1CC=C2C3=C(CC[C@@]21C)[C@@]1(C)CC[C@H](O[Si](C)(C)C(C)(C)C)C(C)(C)[C@@H]1CC3. The van der Waals surface area contributed by atoms with Crippen molar-refractivity contribution in [1.82, 2.24) is 0 Å². The predicted octanol–water partition coefficient (Wildman–Crippen LogP) is 10.0. The molecule has 0 bridgehead atoms. The molecular formula is C35H60O2Si. The van der Waals surface area contributed by atoms with Crippen molar-refractivity contribution in [2.75, 3.05) is 6.61 Å². The molecule has 0 aromatic carbocycles. The first-order valence-corrected chi connectivity index (χ1v) is 18.8. The van der Waals surface area contributed by atoms with Gasteiger partial charge in [-0.05, 0) is 135 Å². The maximum absolute atomic E-state index is 10.4. The number of fused-ring (bicyclic) bond motifs is 4. The highest BCUT2D eigenvalue weighted by molar-refractivity contribution is 6.74. The summed E-state index contributed by atoms with van der Waals surface area (Å²) in [6.07, 6.45) is 16.2. The molecule has 0 heterocycles. The molecule has 2 nitrogen and oxygen atoms in total. The van der Waals surface area contributed by atoms with Crippen LogP contribution in [0, 0.1) is 34.0 Å². The molecule has 0 aromatic rings. The second kappa shape index (κ2) is 10.3. The molecular weight excluding hydrogens is 480 g/mol. The third-order valence-corrected chi connectivity index (χ3v) is 17.0. The smallest absolute Gasteiger partial charge is 0.192 e. The molecule has 0 aliphatic heterocycles. The highest BCUT2D eigenvalue weighted by Gasteiger charge is 2.59. The van der Waals surface area contributed by atoms with Gasteiger partial charge in [-0.2, -0.15) is 0 Å². The molecule has 0 unspecified atom stereocenters. The Hall–Kier alpha value is -0.643. The fourth-order valence-electron chi connectivity index (χ4n) is 9.16. The van der Waals surface area contributed by atoms with Crippen molar-refractivity contribution in [3.05, 3.63) is 34.4 Å². The van der Waals surface area contributed by atoms with Gasteiger partial charge in [0.15, 0.2) is 8.32 Å². The summed E-state index contributed by atoms with van der Waals surface area (Å²) in [5, 5.41) is 10.7. The minimum Gasteiger partial charge on any atom is -0.413 e. The molecule has 0 radical (unpaired) electrons. The molecule has 4 rings (SSSR count). The van der Waals surface area contributed by atoms with E-state index in [1.54, 1.807) is 11.1 Å². The normalized spacial score (nSPS) is 35.7. The largest absolute Gasteiger partial charge is 0.413 e. The Labute approximate surface area is 236 Å². The lowest BCUT2D eigenvalue weighted by atomic mass is 9.46. The average molecular weight is 541 g/mol. The molecule has 1 fully saturated rings. The van der Waals surface area contributed by atoms with E-state index >= 15 is 0 Å². The maximum atomic E-state index is 10.4. The first-order chi connectivity index (χ1) is 17.5. The number of allylic oxidation sites excluding steroid dienone is 6. The van der Waals surface area contributed by atoms with Crippen LogP contribution in [0.5, 0.6) is 0 Å². The van der Waals surface area contributed by atoms with Crippen LogP contribution in [0.25, 0.3) is 0 Å². The van der Waals surface area contributed by atoms with Crippen LogP contribution in [0.2, 0.25) is 18.1 Å². The Morgan fingerprint density at radius 2 is 1.76 bits per heavy atom. The standard InChI is InChI=1S/C35H60O2Si/c1-24(2)13-12-14-25(23-36)27-16-17-28-26-15-18-30-33(6,7)31(37-38(10,11)32(3,4)5)20-22-35(30,9)29(26)19-21-34(27,28)8/h13,17,25,27,30-31,36H,12,14-16,18-23H2,1-11H3/t25-,27+,30-,31-,34+,35+/m0/s1. The van der Waals surface area contributed by atoms with Gasteiger partial charge in [0.25, 0.3) is 0 Å². The third kappa shape index (κ3) is 5.00. The predicted molar refractivity (Wildman–Crippen MR) is 166 cm³/mol. The van der Waals surface area contributed by atoms with E-state index in [-0.39, 0.29) is 15.9 Å². The molecule has 1 N–H and O–H groups in total. The van der Waals surface area contributed by atoms with Crippen LogP contribution in [0.4, 0.5) is 0 Å². The zero-order valence-corrected chi connectivity index (χ0v) is 27.9.